The van der Waals surface area contributed by atoms with E-state index in [0.717, 1.165) is 43.1 Å². The van der Waals surface area contributed by atoms with Crippen LogP contribution < -0.4 is 15.4 Å². The van der Waals surface area contributed by atoms with E-state index in [1.165, 1.54) is 0 Å². The molecule has 1 aliphatic heterocycles. The Balaban J connectivity index is 1.81. The average Bonchev–Trinajstić information content (AvgIpc) is 2.68. The van der Waals surface area contributed by atoms with Crippen molar-refractivity contribution in [2.75, 3.05) is 32.6 Å². The van der Waals surface area contributed by atoms with Gasteiger partial charge in [-0.1, -0.05) is 18.2 Å². The Morgan fingerprint density at radius 1 is 1.20 bits per heavy atom. The third kappa shape index (κ3) is 4.12. The van der Waals surface area contributed by atoms with E-state index >= 15 is 0 Å². The van der Waals surface area contributed by atoms with Crippen LogP contribution in [0.15, 0.2) is 48.5 Å². The number of benzene rings is 2. The number of carbonyl (C=O) groups is 1. The number of amides is 1. The van der Waals surface area contributed by atoms with Crippen LogP contribution in [0.3, 0.4) is 0 Å². The van der Waals surface area contributed by atoms with Crippen molar-refractivity contribution in [2.24, 2.45) is 0 Å². The lowest BCUT2D eigenvalue weighted by atomic mass is 10.0. The molecule has 1 heterocycles. The van der Waals surface area contributed by atoms with Gasteiger partial charge in [0.1, 0.15) is 5.75 Å². The van der Waals surface area contributed by atoms with E-state index in [2.05, 4.69) is 10.6 Å². The molecule has 132 valence electrons. The molecule has 5 heteroatoms. The summed E-state index contributed by atoms with van der Waals surface area (Å²) in [6.07, 6.45) is 2.15. The van der Waals surface area contributed by atoms with Crippen LogP contribution in [0.25, 0.3) is 0 Å². The maximum atomic E-state index is 13.0. The highest BCUT2D eigenvalue weighted by atomic mass is 16.5. The van der Waals surface area contributed by atoms with Gasteiger partial charge in [-0.05, 0) is 44.2 Å². The number of likely N-dealkylation sites (tertiary alicyclic amines) is 1. The van der Waals surface area contributed by atoms with Crippen LogP contribution >= 0.6 is 0 Å². The lowest BCUT2D eigenvalue weighted by Crippen LogP contribution is -2.47. The molecule has 2 N–H and O–H groups in total. The molecule has 2 aromatic rings. The number of rotatable bonds is 5. The molecule has 0 bridgehead atoms. The van der Waals surface area contributed by atoms with Crippen molar-refractivity contribution < 1.29 is 9.53 Å². The molecule has 1 unspecified atom stereocenters. The van der Waals surface area contributed by atoms with Gasteiger partial charge in [-0.25, -0.2) is 0 Å². The second kappa shape index (κ2) is 8.03. The number of piperidine rings is 1. The molecule has 0 spiro atoms. The fourth-order valence-corrected chi connectivity index (χ4v) is 3.20. The molecule has 5 nitrogen and oxygen atoms in total. The Morgan fingerprint density at radius 3 is 2.84 bits per heavy atom. The molecule has 1 amide bonds. The summed E-state index contributed by atoms with van der Waals surface area (Å²) >= 11 is 0. The van der Waals surface area contributed by atoms with Gasteiger partial charge in [-0.3, -0.25) is 4.79 Å². The first-order chi connectivity index (χ1) is 12.2. The minimum Gasteiger partial charge on any atom is -0.497 e. The third-order valence-electron chi connectivity index (χ3n) is 4.62. The molecule has 0 aliphatic carbocycles. The van der Waals surface area contributed by atoms with E-state index in [-0.39, 0.29) is 5.91 Å². The van der Waals surface area contributed by atoms with Gasteiger partial charge < -0.3 is 20.3 Å². The van der Waals surface area contributed by atoms with Crippen molar-refractivity contribution in [2.45, 2.75) is 18.9 Å². The standard InChI is InChI=1S/C20H25N3O2/c1-21-16-8-6-12-23(14-16)20(24)18-10-3-4-11-19(18)22-15-7-5-9-17(13-15)25-2/h3-5,7,9-11,13,16,21-22H,6,8,12,14H2,1-2H3. The summed E-state index contributed by atoms with van der Waals surface area (Å²) in [5.41, 5.74) is 2.40. The topological polar surface area (TPSA) is 53.6 Å². The smallest absolute Gasteiger partial charge is 0.256 e. The van der Waals surface area contributed by atoms with Gasteiger partial charge in [0, 0.05) is 30.9 Å². The zero-order chi connectivity index (χ0) is 17.6. The molecule has 1 fully saturated rings. The summed E-state index contributed by atoms with van der Waals surface area (Å²) in [7, 11) is 3.60. The minimum atomic E-state index is 0.0750. The largest absolute Gasteiger partial charge is 0.497 e. The second-order valence-electron chi connectivity index (χ2n) is 6.28. The number of anilines is 2. The Morgan fingerprint density at radius 2 is 2.04 bits per heavy atom. The summed E-state index contributed by atoms with van der Waals surface area (Å²) in [5, 5.41) is 6.63. The molecule has 1 saturated heterocycles. The predicted molar refractivity (Wildman–Crippen MR) is 101 cm³/mol. The van der Waals surface area contributed by atoms with Crippen molar-refractivity contribution >= 4 is 17.3 Å². The number of likely N-dealkylation sites (N-methyl/N-ethyl adjacent to an activating group) is 1. The lowest BCUT2D eigenvalue weighted by molar-refractivity contribution is 0.0699. The third-order valence-corrected chi connectivity index (χ3v) is 4.62. The number of para-hydroxylation sites is 1. The summed E-state index contributed by atoms with van der Waals surface area (Å²) < 4.78 is 5.27. The summed E-state index contributed by atoms with van der Waals surface area (Å²) in [5.74, 6) is 0.854. The molecular formula is C20H25N3O2. The lowest BCUT2D eigenvalue weighted by Gasteiger charge is -2.33. The minimum absolute atomic E-state index is 0.0750. The van der Waals surface area contributed by atoms with E-state index in [1.807, 2.05) is 60.5 Å². The van der Waals surface area contributed by atoms with Gasteiger partial charge in [0.25, 0.3) is 5.91 Å². The SMILES string of the molecule is CNC1CCCN(C(=O)c2ccccc2Nc2cccc(OC)c2)C1. The Labute approximate surface area is 149 Å². The monoisotopic (exact) mass is 339 g/mol. The molecule has 0 saturated carbocycles. The van der Waals surface area contributed by atoms with Gasteiger partial charge >= 0.3 is 0 Å². The molecule has 1 aliphatic rings. The summed E-state index contributed by atoms with van der Waals surface area (Å²) in [6, 6.07) is 15.7. The fourth-order valence-electron chi connectivity index (χ4n) is 3.20. The first kappa shape index (κ1) is 17.3. The average molecular weight is 339 g/mol. The van der Waals surface area contributed by atoms with Crippen LogP contribution in [-0.2, 0) is 0 Å². The molecular weight excluding hydrogens is 314 g/mol. The van der Waals surface area contributed by atoms with Crippen LogP contribution in [0.4, 0.5) is 11.4 Å². The molecule has 25 heavy (non-hydrogen) atoms. The van der Waals surface area contributed by atoms with Crippen LogP contribution in [0.1, 0.15) is 23.2 Å². The number of hydrogen-bond donors (Lipinski definition) is 2. The highest BCUT2D eigenvalue weighted by molar-refractivity contribution is 6.00. The summed E-state index contributed by atoms with van der Waals surface area (Å²) in [6.45, 7) is 1.56. The van der Waals surface area contributed by atoms with Gasteiger partial charge in [0.05, 0.1) is 18.4 Å². The fraction of sp³-hybridized carbons (Fsp3) is 0.350. The zero-order valence-corrected chi connectivity index (χ0v) is 14.8. The normalized spacial score (nSPS) is 17.2. The number of ether oxygens (including phenoxy) is 1. The molecule has 0 radical (unpaired) electrons. The Hall–Kier alpha value is -2.53. The van der Waals surface area contributed by atoms with Crippen LogP contribution in [0, 0.1) is 0 Å². The number of nitrogens with one attached hydrogen (secondary N) is 2. The highest BCUT2D eigenvalue weighted by Gasteiger charge is 2.24. The van der Waals surface area contributed by atoms with Gasteiger partial charge in [-0.15, -0.1) is 0 Å². The number of hydrogen-bond acceptors (Lipinski definition) is 4. The van der Waals surface area contributed by atoms with E-state index < -0.39 is 0 Å². The quantitative estimate of drug-likeness (QED) is 0.878. The van der Waals surface area contributed by atoms with Crippen molar-refractivity contribution in [3.63, 3.8) is 0 Å². The van der Waals surface area contributed by atoms with Gasteiger partial charge in [-0.2, -0.15) is 0 Å². The number of nitrogens with zero attached hydrogens (tertiary/aromatic N) is 1. The van der Waals surface area contributed by atoms with Crippen molar-refractivity contribution in [3.05, 3.63) is 54.1 Å². The van der Waals surface area contributed by atoms with Crippen molar-refractivity contribution in [1.29, 1.82) is 0 Å². The highest BCUT2D eigenvalue weighted by Crippen LogP contribution is 2.25. The van der Waals surface area contributed by atoms with Gasteiger partial charge in [0.15, 0.2) is 0 Å². The van der Waals surface area contributed by atoms with E-state index in [0.29, 0.717) is 11.6 Å². The first-order valence-electron chi connectivity index (χ1n) is 8.68. The molecule has 3 rings (SSSR count). The van der Waals surface area contributed by atoms with Crippen molar-refractivity contribution in [1.82, 2.24) is 10.2 Å². The molecule has 2 aromatic carbocycles. The van der Waals surface area contributed by atoms with Crippen LogP contribution in [-0.4, -0.2) is 44.1 Å². The molecule has 0 aromatic heterocycles. The Kier molecular flexibility index (Phi) is 5.56. The predicted octanol–water partition coefficient (Wildman–Crippen LogP) is 3.26. The van der Waals surface area contributed by atoms with E-state index in [1.54, 1.807) is 7.11 Å². The van der Waals surface area contributed by atoms with Gasteiger partial charge in [0.2, 0.25) is 0 Å². The molecule has 1 atom stereocenters. The first-order valence-corrected chi connectivity index (χ1v) is 8.68. The van der Waals surface area contributed by atoms with Crippen LogP contribution in [0.5, 0.6) is 5.75 Å². The van der Waals surface area contributed by atoms with Crippen LogP contribution in [0.2, 0.25) is 0 Å². The van der Waals surface area contributed by atoms with Crippen molar-refractivity contribution in [3.8, 4) is 5.75 Å². The van der Waals surface area contributed by atoms with E-state index in [4.69, 9.17) is 4.74 Å². The second-order valence-corrected chi connectivity index (χ2v) is 6.28. The van der Waals surface area contributed by atoms with E-state index in [9.17, 15) is 4.79 Å². The number of methoxy groups -OCH3 is 1. The maximum Gasteiger partial charge on any atom is 0.256 e. The Bertz CT molecular complexity index is 732. The maximum absolute atomic E-state index is 13.0. The number of carbonyl (C=O) groups excluding carboxylic acids is 1. The summed E-state index contributed by atoms with van der Waals surface area (Å²) in [4.78, 5) is 15.0. The zero-order valence-electron chi connectivity index (χ0n) is 14.8.